The Morgan fingerprint density at radius 1 is 1.29 bits per heavy atom. The molecule has 0 aliphatic rings. The topological polar surface area (TPSA) is 47.3 Å². The summed E-state index contributed by atoms with van der Waals surface area (Å²) in [6.45, 7) is 1.46. The molecule has 21 heavy (non-hydrogen) atoms. The molecule has 0 atom stereocenters. The summed E-state index contributed by atoms with van der Waals surface area (Å²) in [7, 11) is 1.34. The zero-order chi connectivity index (χ0) is 15.6. The van der Waals surface area contributed by atoms with Crippen LogP contribution in [0.5, 0.6) is 5.88 Å². The van der Waals surface area contributed by atoms with Crippen molar-refractivity contribution in [2.75, 3.05) is 7.11 Å². The summed E-state index contributed by atoms with van der Waals surface area (Å²) in [4.78, 5) is 0. The lowest BCUT2D eigenvalue weighted by Gasteiger charge is -2.14. The summed E-state index contributed by atoms with van der Waals surface area (Å²) < 4.78 is 45.6. The van der Waals surface area contributed by atoms with E-state index in [9.17, 15) is 18.3 Å². The monoisotopic (exact) mass is 300 g/mol. The number of para-hydroxylation sites is 1. The van der Waals surface area contributed by atoms with E-state index in [4.69, 9.17) is 4.74 Å². The molecular formula is C14H15F3N2O2. The van der Waals surface area contributed by atoms with Gasteiger partial charge in [-0.15, -0.1) is 0 Å². The predicted octanol–water partition coefficient (Wildman–Crippen LogP) is 2.95. The van der Waals surface area contributed by atoms with E-state index >= 15 is 0 Å². The molecule has 0 spiro atoms. The van der Waals surface area contributed by atoms with Crippen molar-refractivity contribution in [2.24, 2.45) is 0 Å². The molecular weight excluding hydrogens is 285 g/mol. The number of nitrogens with zero attached hydrogens (tertiary/aromatic N) is 2. The van der Waals surface area contributed by atoms with Crippen molar-refractivity contribution in [3.63, 3.8) is 0 Å². The number of benzene rings is 1. The summed E-state index contributed by atoms with van der Waals surface area (Å²) in [5.74, 6) is 0.117. The van der Waals surface area contributed by atoms with Crippen molar-refractivity contribution >= 4 is 0 Å². The minimum absolute atomic E-state index is 0.117. The molecule has 0 fully saturated rings. The van der Waals surface area contributed by atoms with Crippen LogP contribution in [0.15, 0.2) is 24.3 Å². The molecule has 114 valence electrons. The number of aliphatic hydroxyl groups is 1. The molecule has 0 saturated carbocycles. The van der Waals surface area contributed by atoms with Gasteiger partial charge in [0.2, 0.25) is 5.88 Å². The number of aryl methyl sites for hydroxylation is 1. The van der Waals surface area contributed by atoms with E-state index in [0.717, 1.165) is 10.7 Å². The first-order chi connectivity index (χ1) is 9.93. The Kier molecular flexibility index (Phi) is 4.22. The van der Waals surface area contributed by atoms with Crippen molar-refractivity contribution in [1.29, 1.82) is 0 Å². The maximum atomic E-state index is 13.1. The number of hydrogen-bond acceptors (Lipinski definition) is 3. The third kappa shape index (κ3) is 2.73. The molecule has 0 unspecified atom stereocenters. The number of halogens is 3. The first-order valence-electron chi connectivity index (χ1n) is 6.36. The van der Waals surface area contributed by atoms with Crippen molar-refractivity contribution in [3.05, 3.63) is 41.1 Å². The van der Waals surface area contributed by atoms with Crippen LogP contribution in [-0.2, 0) is 19.2 Å². The molecule has 0 radical (unpaired) electrons. The molecule has 0 bridgehead atoms. The molecule has 0 aliphatic heterocycles. The Hall–Kier alpha value is -2.02. The first kappa shape index (κ1) is 15.4. The van der Waals surface area contributed by atoms with Gasteiger partial charge < -0.3 is 9.84 Å². The number of aromatic nitrogens is 2. The highest BCUT2D eigenvalue weighted by Crippen LogP contribution is 2.36. The van der Waals surface area contributed by atoms with Gasteiger partial charge in [-0.25, -0.2) is 0 Å². The summed E-state index contributed by atoms with van der Waals surface area (Å²) in [5.41, 5.74) is -0.0301. The molecule has 0 amide bonds. The molecule has 2 rings (SSSR count). The van der Waals surface area contributed by atoms with Gasteiger partial charge in [-0.05, 0) is 18.6 Å². The second kappa shape index (κ2) is 5.77. The van der Waals surface area contributed by atoms with Crippen molar-refractivity contribution in [2.45, 2.75) is 26.1 Å². The lowest BCUT2D eigenvalue weighted by molar-refractivity contribution is -0.137. The van der Waals surface area contributed by atoms with E-state index in [0.29, 0.717) is 17.7 Å². The van der Waals surface area contributed by atoms with Crippen molar-refractivity contribution in [1.82, 2.24) is 9.78 Å². The molecule has 1 aromatic carbocycles. The minimum Gasteiger partial charge on any atom is -0.481 e. The van der Waals surface area contributed by atoms with Crippen LogP contribution in [0.3, 0.4) is 0 Å². The molecule has 0 aliphatic carbocycles. The van der Waals surface area contributed by atoms with Crippen molar-refractivity contribution < 1.29 is 23.0 Å². The van der Waals surface area contributed by atoms with Gasteiger partial charge in [-0.2, -0.15) is 23.0 Å². The lowest BCUT2D eigenvalue weighted by Crippen LogP contribution is -2.12. The fourth-order valence-corrected chi connectivity index (χ4v) is 2.19. The number of rotatable bonds is 4. The average molecular weight is 300 g/mol. The molecule has 0 saturated heterocycles. The van der Waals surface area contributed by atoms with Crippen molar-refractivity contribution in [3.8, 4) is 11.6 Å². The highest BCUT2D eigenvalue weighted by atomic mass is 19.4. The van der Waals surface area contributed by atoms with E-state index in [1.807, 2.05) is 0 Å². The van der Waals surface area contributed by atoms with E-state index < -0.39 is 11.7 Å². The fourth-order valence-electron chi connectivity index (χ4n) is 2.19. The quantitative estimate of drug-likeness (QED) is 0.944. The van der Waals surface area contributed by atoms with Crippen LogP contribution in [0.1, 0.15) is 23.7 Å². The Morgan fingerprint density at radius 3 is 2.48 bits per heavy atom. The number of hydrogen-bond donors (Lipinski definition) is 1. The van der Waals surface area contributed by atoms with Gasteiger partial charge >= 0.3 is 6.18 Å². The third-order valence-electron chi connectivity index (χ3n) is 3.14. The SMILES string of the molecule is CCc1nn(-c2ccccc2C(F)(F)F)c(OC)c1CO. The summed E-state index contributed by atoms with van der Waals surface area (Å²) in [5, 5.41) is 13.5. The predicted molar refractivity (Wildman–Crippen MR) is 70.4 cm³/mol. The van der Waals surface area contributed by atoms with Gasteiger partial charge in [-0.1, -0.05) is 19.1 Å². The molecule has 1 heterocycles. The van der Waals surface area contributed by atoms with Crippen LogP contribution in [-0.4, -0.2) is 22.0 Å². The normalized spacial score (nSPS) is 11.7. The lowest BCUT2D eigenvalue weighted by atomic mass is 10.1. The molecule has 1 N–H and O–H groups in total. The van der Waals surface area contributed by atoms with Gasteiger partial charge in [-0.3, -0.25) is 0 Å². The van der Waals surface area contributed by atoms with Crippen LogP contribution in [0.2, 0.25) is 0 Å². The van der Waals surface area contributed by atoms with Crippen LogP contribution in [0.25, 0.3) is 5.69 Å². The first-order valence-corrected chi connectivity index (χ1v) is 6.36. The highest BCUT2D eigenvalue weighted by molar-refractivity contribution is 5.47. The fraction of sp³-hybridized carbons (Fsp3) is 0.357. The van der Waals surface area contributed by atoms with Crippen LogP contribution < -0.4 is 4.74 Å². The molecule has 1 aromatic heterocycles. The van der Waals surface area contributed by atoms with E-state index in [2.05, 4.69) is 5.10 Å². The summed E-state index contributed by atoms with van der Waals surface area (Å²) >= 11 is 0. The number of aliphatic hydroxyl groups excluding tert-OH is 1. The van der Waals surface area contributed by atoms with Gasteiger partial charge in [0.15, 0.2) is 0 Å². The van der Waals surface area contributed by atoms with E-state index in [1.54, 1.807) is 6.92 Å². The van der Waals surface area contributed by atoms with Gasteiger partial charge in [0.1, 0.15) is 0 Å². The second-order valence-electron chi connectivity index (χ2n) is 4.37. The number of ether oxygens (including phenoxy) is 1. The molecule has 4 nitrogen and oxygen atoms in total. The molecule has 2 aromatic rings. The zero-order valence-corrected chi connectivity index (χ0v) is 11.6. The van der Waals surface area contributed by atoms with Crippen LogP contribution in [0, 0.1) is 0 Å². The Labute approximate surface area is 119 Å². The van der Waals surface area contributed by atoms with Gasteiger partial charge in [0, 0.05) is 0 Å². The van der Waals surface area contributed by atoms with Gasteiger partial charge in [0.05, 0.1) is 36.2 Å². The van der Waals surface area contributed by atoms with Gasteiger partial charge in [0.25, 0.3) is 0 Å². The van der Waals surface area contributed by atoms with E-state index in [-0.39, 0.29) is 18.2 Å². The molecule has 7 heteroatoms. The third-order valence-corrected chi connectivity index (χ3v) is 3.14. The largest absolute Gasteiger partial charge is 0.481 e. The maximum absolute atomic E-state index is 13.1. The summed E-state index contributed by atoms with van der Waals surface area (Å²) in [6, 6.07) is 5.12. The number of methoxy groups -OCH3 is 1. The van der Waals surface area contributed by atoms with Crippen LogP contribution in [0.4, 0.5) is 13.2 Å². The van der Waals surface area contributed by atoms with E-state index in [1.165, 1.54) is 25.3 Å². The highest BCUT2D eigenvalue weighted by Gasteiger charge is 2.35. The standard InChI is InChI=1S/C14H15F3N2O2/c1-3-11-9(8-20)13(21-2)19(18-11)12-7-5-4-6-10(12)14(15,16)17/h4-7,20H,3,8H2,1-2H3. The maximum Gasteiger partial charge on any atom is 0.418 e. The Balaban J connectivity index is 2.71. The minimum atomic E-state index is -4.50. The van der Waals surface area contributed by atoms with Crippen LogP contribution >= 0.6 is 0 Å². The Bertz CT molecular complexity index is 636. The zero-order valence-electron chi connectivity index (χ0n) is 11.6. The number of alkyl halides is 3. The summed E-state index contributed by atoms with van der Waals surface area (Å²) in [6.07, 6.45) is -4.02. The second-order valence-corrected chi connectivity index (χ2v) is 4.37. The average Bonchev–Trinajstić information content (AvgIpc) is 2.83. The smallest absolute Gasteiger partial charge is 0.418 e. The Morgan fingerprint density at radius 2 is 1.95 bits per heavy atom.